The molecule has 1 aliphatic heterocycles. The molecule has 0 atom stereocenters. The van der Waals surface area contributed by atoms with Gasteiger partial charge in [0.1, 0.15) is 11.6 Å². The molecule has 1 aromatic carbocycles. The molecule has 0 aromatic heterocycles. The summed E-state index contributed by atoms with van der Waals surface area (Å²) in [5.41, 5.74) is 0.137. The summed E-state index contributed by atoms with van der Waals surface area (Å²) in [4.78, 5) is 11.9. The minimum atomic E-state index is -0.727. The van der Waals surface area contributed by atoms with Crippen LogP contribution in [0.15, 0.2) is 18.2 Å². The highest BCUT2D eigenvalue weighted by atomic mass is 19.1. The number of ketones is 1. The Morgan fingerprint density at radius 3 is 2.32 bits per heavy atom. The second-order valence-electron chi connectivity index (χ2n) is 6.54. The van der Waals surface area contributed by atoms with Crippen molar-refractivity contribution in [2.24, 2.45) is 5.41 Å². The van der Waals surface area contributed by atoms with Crippen LogP contribution in [0.25, 0.3) is 0 Å². The van der Waals surface area contributed by atoms with E-state index in [0.29, 0.717) is 19.6 Å². The first kappa shape index (κ1) is 17.0. The Morgan fingerprint density at radius 1 is 1.14 bits per heavy atom. The van der Waals surface area contributed by atoms with E-state index in [1.807, 2.05) is 0 Å². The van der Waals surface area contributed by atoms with Crippen LogP contribution >= 0.6 is 0 Å². The molecule has 0 amide bonds. The highest BCUT2D eigenvalue weighted by molar-refractivity contribution is 5.96. The van der Waals surface area contributed by atoms with Crippen LogP contribution in [0.3, 0.4) is 0 Å². The Hall–Kier alpha value is -1.33. The van der Waals surface area contributed by atoms with E-state index in [9.17, 15) is 13.6 Å². The van der Waals surface area contributed by atoms with Gasteiger partial charge in [0.2, 0.25) is 0 Å². The second kappa shape index (κ2) is 7.29. The topological polar surface area (TPSA) is 35.5 Å². The molecule has 1 aliphatic rings. The molecule has 1 aromatic rings. The van der Waals surface area contributed by atoms with Gasteiger partial charge < -0.3 is 9.47 Å². The van der Waals surface area contributed by atoms with Crippen LogP contribution in [-0.2, 0) is 9.47 Å². The van der Waals surface area contributed by atoms with Crippen LogP contribution < -0.4 is 0 Å². The van der Waals surface area contributed by atoms with Gasteiger partial charge >= 0.3 is 0 Å². The van der Waals surface area contributed by atoms with Gasteiger partial charge in [-0.2, -0.15) is 0 Å². The predicted molar refractivity (Wildman–Crippen MR) is 78.6 cm³/mol. The van der Waals surface area contributed by atoms with Gasteiger partial charge in [-0.3, -0.25) is 4.79 Å². The second-order valence-corrected chi connectivity index (χ2v) is 6.54. The summed E-state index contributed by atoms with van der Waals surface area (Å²) in [5.74, 6) is -1.70. The molecule has 0 unspecified atom stereocenters. The Balaban J connectivity index is 1.69. The van der Waals surface area contributed by atoms with Crippen molar-refractivity contribution in [3.8, 4) is 0 Å². The summed E-state index contributed by atoms with van der Waals surface area (Å²) in [7, 11) is 0. The average Bonchev–Trinajstić information content (AvgIpc) is 2.43. The highest BCUT2D eigenvalue weighted by Gasteiger charge is 2.27. The number of Topliss-reactive ketones (excluding diaryl/α,β-unsaturated/α-hetero) is 1. The van der Waals surface area contributed by atoms with Gasteiger partial charge in [-0.15, -0.1) is 0 Å². The van der Waals surface area contributed by atoms with Gasteiger partial charge in [0.05, 0.1) is 13.2 Å². The summed E-state index contributed by atoms with van der Waals surface area (Å²) in [6.45, 7) is 5.50. The van der Waals surface area contributed by atoms with Crippen molar-refractivity contribution in [3.63, 3.8) is 0 Å². The monoisotopic (exact) mass is 312 g/mol. The van der Waals surface area contributed by atoms with Crippen molar-refractivity contribution < 1.29 is 23.0 Å². The number of halogens is 2. The van der Waals surface area contributed by atoms with Gasteiger partial charge in [-0.25, -0.2) is 8.78 Å². The number of carbonyl (C=O) groups is 1. The van der Waals surface area contributed by atoms with Crippen LogP contribution in [0.5, 0.6) is 0 Å². The number of carbonyl (C=O) groups excluding carboxylic acids is 1. The fourth-order valence-corrected chi connectivity index (χ4v) is 2.35. The molecule has 5 heteroatoms. The third kappa shape index (κ3) is 5.14. The van der Waals surface area contributed by atoms with Crippen LogP contribution in [-0.4, -0.2) is 25.3 Å². The van der Waals surface area contributed by atoms with Gasteiger partial charge in [0.15, 0.2) is 12.1 Å². The lowest BCUT2D eigenvalue weighted by Gasteiger charge is -2.34. The summed E-state index contributed by atoms with van der Waals surface area (Å²) < 4.78 is 37.3. The molecule has 3 nitrogen and oxygen atoms in total. The first-order chi connectivity index (χ1) is 10.4. The van der Waals surface area contributed by atoms with Gasteiger partial charge in [0.25, 0.3) is 0 Å². The molecule has 0 spiro atoms. The van der Waals surface area contributed by atoms with Crippen LogP contribution in [0, 0.1) is 17.0 Å². The lowest BCUT2D eigenvalue weighted by molar-refractivity contribution is -0.224. The summed E-state index contributed by atoms with van der Waals surface area (Å²) in [6.07, 6.45) is 2.19. The minimum Gasteiger partial charge on any atom is -0.352 e. The number of unbranched alkanes of at least 4 members (excludes halogenated alkanes) is 1. The number of benzene rings is 1. The van der Waals surface area contributed by atoms with E-state index in [4.69, 9.17) is 9.47 Å². The average molecular weight is 312 g/mol. The van der Waals surface area contributed by atoms with Crippen molar-refractivity contribution in [3.05, 3.63) is 35.4 Å². The molecule has 1 fully saturated rings. The zero-order chi connectivity index (χ0) is 16.2. The summed E-state index contributed by atoms with van der Waals surface area (Å²) >= 11 is 0. The molecule has 0 radical (unpaired) electrons. The largest absolute Gasteiger partial charge is 0.352 e. The molecule has 0 bridgehead atoms. The van der Waals surface area contributed by atoms with E-state index < -0.39 is 11.6 Å². The van der Waals surface area contributed by atoms with Crippen molar-refractivity contribution >= 4 is 5.78 Å². The number of ether oxygens (including phenoxy) is 2. The molecular weight excluding hydrogens is 290 g/mol. The number of hydrogen-bond donors (Lipinski definition) is 0. The smallest absolute Gasteiger partial charge is 0.163 e. The third-order valence-electron chi connectivity index (χ3n) is 3.60. The number of rotatable bonds is 6. The molecule has 122 valence electrons. The van der Waals surface area contributed by atoms with E-state index in [-0.39, 0.29) is 29.5 Å². The normalized spacial score (nSPS) is 18.4. The molecule has 0 aliphatic carbocycles. The zero-order valence-corrected chi connectivity index (χ0v) is 13.0. The maximum absolute atomic E-state index is 13.1. The van der Waals surface area contributed by atoms with E-state index in [0.717, 1.165) is 31.0 Å². The van der Waals surface area contributed by atoms with E-state index >= 15 is 0 Å². The predicted octanol–water partition coefficient (Wildman–Crippen LogP) is 4.11. The Bertz CT molecular complexity index is 498. The third-order valence-corrected chi connectivity index (χ3v) is 3.60. The SMILES string of the molecule is CC1(C)COC(CCCCC(=O)c2cc(F)cc(F)c2)OC1. The maximum Gasteiger partial charge on any atom is 0.163 e. The van der Waals surface area contributed by atoms with E-state index in [1.165, 1.54) is 0 Å². The lowest BCUT2D eigenvalue weighted by Crippen LogP contribution is -2.37. The van der Waals surface area contributed by atoms with Crippen molar-refractivity contribution in [2.45, 2.75) is 45.8 Å². The highest BCUT2D eigenvalue weighted by Crippen LogP contribution is 2.25. The van der Waals surface area contributed by atoms with Crippen LogP contribution in [0.1, 0.15) is 49.9 Å². The van der Waals surface area contributed by atoms with E-state index in [2.05, 4.69) is 13.8 Å². The van der Waals surface area contributed by atoms with Crippen molar-refractivity contribution in [2.75, 3.05) is 13.2 Å². The summed E-state index contributed by atoms with van der Waals surface area (Å²) in [5, 5.41) is 0. The van der Waals surface area contributed by atoms with Gasteiger partial charge in [-0.1, -0.05) is 13.8 Å². The van der Waals surface area contributed by atoms with E-state index in [1.54, 1.807) is 0 Å². The maximum atomic E-state index is 13.1. The quantitative estimate of drug-likeness (QED) is 0.586. The van der Waals surface area contributed by atoms with Crippen molar-refractivity contribution in [1.82, 2.24) is 0 Å². The van der Waals surface area contributed by atoms with Gasteiger partial charge in [-0.05, 0) is 31.4 Å². The molecule has 1 heterocycles. The minimum absolute atomic E-state index is 0.0495. The Labute approximate surface area is 129 Å². The molecule has 2 rings (SSSR count). The molecule has 0 N–H and O–H groups in total. The molecule has 1 saturated heterocycles. The molecule has 0 saturated carbocycles. The first-order valence-corrected chi connectivity index (χ1v) is 7.58. The number of hydrogen-bond acceptors (Lipinski definition) is 3. The standard InChI is InChI=1S/C17H22F2O3/c1-17(2)10-21-16(22-11-17)6-4-3-5-15(20)12-7-13(18)9-14(19)8-12/h7-9,16H,3-6,10-11H2,1-2H3. The lowest BCUT2D eigenvalue weighted by atomic mass is 9.95. The Morgan fingerprint density at radius 2 is 1.73 bits per heavy atom. The van der Waals surface area contributed by atoms with Crippen molar-refractivity contribution in [1.29, 1.82) is 0 Å². The zero-order valence-electron chi connectivity index (χ0n) is 13.0. The summed E-state index contributed by atoms with van der Waals surface area (Å²) in [6, 6.07) is 2.90. The molecular formula is C17H22F2O3. The fourth-order valence-electron chi connectivity index (χ4n) is 2.35. The molecule has 22 heavy (non-hydrogen) atoms. The Kier molecular flexibility index (Phi) is 5.64. The first-order valence-electron chi connectivity index (χ1n) is 7.58. The fraction of sp³-hybridized carbons (Fsp3) is 0.588. The van der Waals surface area contributed by atoms with Crippen LogP contribution in [0.4, 0.5) is 8.78 Å². The van der Waals surface area contributed by atoms with Gasteiger partial charge in [0, 0.05) is 23.5 Å². The van der Waals surface area contributed by atoms with Crippen LogP contribution in [0.2, 0.25) is 0 Å².